The van der Waals surface area contributed by atoms with Crippen LogP contribution in [0.1, 0.15) is 23.8 Å². The van der Waals surface area contributed by atoms with Crippen LogP contribution in [0.25, 0.3) is 22.0 Å². The zero-order valence-corrected chi connectivity index (χ0v) is 16.9. The van der Waals surface area contributed by atoms with Crippen molar-refractivity contribution in [1.29, 1.82) is 0 Å². The summed E-state index contributed by atoms with van der Waals surface area (Å²) < 4.78 is 13.0. The summed E-state index contributed by atoms with van der Waals surface area (Å²) in [4.78, 5) is 25.1. The molecule has 3 aromatic rings. The van der Waals surface area contributed by atoms with Crippen molar-refractivity contribution in [2.45, 2.75) is 25.6 Å². The van der Waals surface area contributed by atoms with Gasteiger partial charge in [-0.15, -0.1) is 0 Å². The summed E-state index contributed by atoms with van der Waals surface area (Å²) in [5, 5.41) is 14.5. The van der Waals surface area contributed by atoms with Gasteiger partial charge in [0, 0.05) is 40.7 Å². The number of pyridine rings is 3. The van der Waals surface area contributed by atoms with Crippen molar-refractivity contribution in [3.8, 4) is 11.3 Å². The van der Waals surface area contributed by atoms with Gasteiger partial charge in [0.1, 0.15) is 18.1 Å². The smallest absolute Gasteiger partial charge is 0.231 e. The molecule has 1 amide bonds. The van der Waals surface area contributed by atoms with Crippen LogP contribution in [-0.2, 0) is 4.79 Å². The summed E-state index contributed by atoms with van der Waals surface area (Å²) in [6.07, 6.45) is 5.70. The summed E-state index contributed by atoms with van der Waals surface area (Å²) in [5.74, 6) is 0.0958. The van der Waals surface area contributed by atoms with E-state index in [9.17, 15) is 14.3 Å². The number of aliphatic hydroxyl groups is 1. The topological polar surface area (TPSA) is 88.0 Å². The second-order valence-electron chi connectivity index (χ2n) is 7.23. The normalized spacial score (nSPS) is 19.2. The largest absolute Gasteiger partial charge is 0.386 e. The van der Waals surface area contributed by atoms with E-state index in [1.165, 1.54) is 0 Å². The fourth-order valence-corrected chi connectivity index (χ4v) is 3.67. The molecule has 4 rings (SSSR count). The molecule has 29 heavy (non-hydrogen) atoms. The Balaban J connectivity index is 1.57. The lowest BCUT2D eigenvalue weighted by molar-refractivity contribution is -0.117. The molecule has 1 aliphatic carbocycles. The number of rotatable bonds is 6. The molecule has 3 aromatic heterocycles. The monoisotopic (exact) mass is 412 g/mol. The fraction of sp³-hybridized carbons (Fsp3) is 0.333. The third kappa shape index (κ3) is 4.23. The average molecular weight is 412 g/mol. The van der Waals surface area contributed by atoms with Gasteiger partial charge in [-0.3, -0.25) is 14.8 Å². The highest BCUT2D eigenvalue weighted by Gasteiger charge is 2.43. The molecular formula is C21H21FN4O2S. The number of anilines is 1. The predicted molar refractivity (Wildman–Crippen MR) is 112 cm³/mol. The standard InChI is InChI=1S/C21H21FN4O2S/c1-11-3-18(19(27)10-29-2)24-9-15(11)17-4-12-8-25-20(5-13(12)7-23-17)26-21(28)14-6-16(14)22/h3-5,7-9,14,16,19,27H,6,10H2,1-2H3,(H,25,26,28)/t14-,16+,19+/m1/s1. The van der Waals surface area contributed by atoms with Gasteiger partial charge in [0.2, 0.25) is 5.91 Å². The quantitative estimate of drug-likeness (QED) is 0.642. The van der Waals surface area contributed by atoms with Gasteiger partial charge < -0.3 is 10.4 Å². The molecule has 6 nitrogen and oxygen atoms in total. The number of thioether (sulfide) groups is 1. The number of carbonyl (C=O) groups excluding carboxylic acids is 1. The van der Waals surface area contributed by atoms with Gasteiger partial charge in [0.05, 0.1) is 17.3 Å². The number of aliphatic hydroxyl groups excluding tert-OH is 1. The lowest BCUT2D eigenvalue weighted by atomic mass is 10.0. The molecule has 150 valence electrons. The zero-order valence-electron chi connectivity index (χ0n) is 16.1. The maximum Gasteiger partial charge on any atom is 0.231 e. The van der Waals surface area contributed by atoms with E-state index < -0.39 is 18.2 Å². The van der Waals surface area contributed by atoms with Crippen LogP contribution in [-0.4, -0.2) is 44.1 Å². The number of fused-ring (bicyclic) bond motifs is 1. The van der Waals surface area contributed by atoms with Crippen molar-refractivity contribution in [3.05, 3.63) is 48.0 Å². The van der Waals surface area contributed by atoms with Gasteiger partial charge >= 0.3 is 0 Å². The predicted octanol–water partition coefficient (Wildman–Crippen LogP) is 3.69. The van der Waals surface area contributed by atoms with Crippen LogP contribution in [0, 0.1) is 12.8 Å². The van der Waals surface area contributed by atoms with Crippen LogP contribution in [0.15, 0.2) is 36.8 Å². The van der Waals surface area contributed by atoms with E-state index in [1.807, 2.05) is 25.3 Å². The molecule has 1 fully saturated rings. The number of aryl methyl sites for hydroxylation is 1. The first-order valence-electron chi connectivity index (χ1n) is 9.31. The average Bonchev–Trinajstić information content (AvgIpc) is 3.44. The molecule has 0 radical (unpaired) electrons. The zero-order chi connectivity index (χ0) is 20.5. The van der Waals surface area contributed by atoms with Crippen LogP contribution in [0.3, 0.4) is 0 Å². The van der Waals surface area contributed by atoms with Crippen LogP contribution < -0.4 is 5.32 Å². The highest BCUT2D eigenvalue weighted by atomic mass is 32.2. The van der Waals surface area contributed by atoms with E-state index in [4.69, 9.17) is 0 Å². The minimum atomic E-state index is -1.04. The fourth-order valence-electron chi connectivity index (χ4n) is 3.18. The summed E-state index contributed by atoms with van der Waals surface area (Å²) >= 11 is 1.57. The molecule has 0 bridgehead atoms. The van der Waals surface area contributed by atoms with Gasteiger partial charge in [-0.1, -0.05) is 0 Å². The van der Waals surface area contributed by atoms with E-state index >= 15 is 0 Å². The molecule has 1 saturated carbocycles. The summed E-state index contributed by atoms with van der Waals surface area (Å²) in [6.45, 7) is 1.96. The molecule has 1 aliphatic rings. The molecule has 2 N–H and O–H groups in total. The SMILES string of the molecule is CSC[C@H](O)c1cc(C)c(-c2cc3cnc(NC(=O)[C@@H]4C[C@@H]4F)cc3cn2)cn1. The minimum absolute atomic E-state index is 0.283. The van der Waals surface area contributed by atoms with Gasteiger partial charge in [0.15, 0.2) is 0 Å². The number of nitrogens with zero attached hydrogens (tertiary/aromatic N) is 3. The van der Waals surface area contributed by atoms with E-state index in [1.54, 1.807) is 36.4 Å². The Morgan fingerprint density at radius 3 is 2.66 bits per heavy atom. The maximum absolute atomic E-state index is 13.0. The molecular weight excluding hydrogens is 391 g/mol. The molecule has 3 heterocycles. The molecule has 0 aliphatic heterocycles. The van der Waals surface area contributed by atoms with Crippen LogP contribution in [0.5, 0.6) is 0 Å². The number of hydrogen-bond donors (Lipinski definition) is 2. The van der Waals surface area contributed by atoms with Gasteiger partial charge in [-0.2, -0.15) is 11.8 Å². The molecule has 0 aromatic carbocycles. The van der Waals surface area contributed by atoms with Gasteiger partial charge in [-0.05, 0) is 43.4 Å². The minimum Gasteiger partial charge on any atom is -0.386 e. The van der Waals surface area contributed by atoms with E-state index in [0.717, 1.165) is 27.6 Å². The van der Waals surface area contributed by atoms with Crippen molar-refractivity contribution in [2.24, 2.45) is 5.92 Å². The second kappa shape index (κ2) is 8.04. The molecule has 3 atom stereocenters. The Morgan fingerprint density at radius 2 is 1.97 bits per heavy atom. The Morgan fingerprint density at radius 1 is 1.24 bits per heavy atom. The molecule has 0 unspecified atom stereocenters. The van der Waals surface area contributed by atoms with Gasteiger partial charge in [-0.25, -0.2) is 9.37 Å². The maximum atomic E-state index is 13.0. The van der Waals surface area contributed by atoms with E-state index in [0.29, 0.717) is 17.3 Å². The van der Waals surface area contributed by atoms with E-state index in [-0.39, 0.29) is 12.3 Å². The first-order chi connectivity index (χ1) is 14.0. The summed E-state index contributed by atoms with van der Waals surface area (Å²) in [7, 11) is 0. The molecule has 0 spiro atoms. The summed E-state index contributed by atoms with van der Waals surface area (Å²) in [6, 6.07) is 5.52. The number of carbonyl (C=O) groups is 1. The number of hydrogen-bond acceptors (Lipinski definition) is 6. The number of alkyl halides is 1. The highest BCUT2D eigenvalue weighted by molar-refractivity contribution is 7.98. The Bertz CT molecular complexity index is 1080. The first-order valence-corrected chi connectivity index (χ1v) is 10.7. The Kier molecular flexibility index (Phi) is 5.47. The van der Waals surface area contributed by atoms with Gasteiger partial charge in [0.25, 0.3) is 0 Å². The lowest BCUT2D eigenvalue weighted by Gasteiger charge is -2.12. The number of aromatic nitrogens is 3. The summed E-state index contributed by atoms with van der Waals surface area (Å²) in [5.41, 5.74) is 3.26. The highest BCUT2D eigenvalue weighted by Crippen LogP contribution is 2.34. The van der Waals surface area contributed by atoms with Crippen molar-refractivity contribution in [1.82, 2.24) is 15.0 Å². The van der Waals surface area contributed by atoms with E-state index in [2.05, 4.69) is 20.3 Å². The van der Waals surface area contributed by atoms with Crippen molar-refractivity contribution in [2.75, 3.05) is 17.3 Å². The Labute approximate surface area is 172 Å². The van der Waals surface area contributed by atoms with Crippen LogP contribution >= 0.6 is 11.8 Å². The number of halogens is 1. The first kappa shape index (κ1) is 19.7. The molecule has 8 heteroatoms. The van der Waals surface area contributed by atoms with Crippen molar-refractivity contribution in [3.63, 3.8) is 0 Å². The van der Waals surface area contributed by atoms with Crippen LogP contribution in [0.4, 0.5) is 10.2 Å². The van der Waals surface area contributed by atoms with Crippen LogP contribution in [0.2, 0.25) is 0 Å². The Hall–Kier alpha value is -2.58. The number of nitrogens with one attached hydrogen (secondary N) is 1. The second-order valence-corrected chi connectivity index (χ2v) is 8.14. The number of amides is 1. The van der Waals surface area contributed by atoms with Crippen molar-refractivity contribution < 1.29 is 14.3 Å². The lowest BCUT2D eigenvalue weighted by Crippen LogP contribution is -2.15. The molecule has 0 saturated heterocycles. The third-order valence-electron chi connectivity index (χ3n) is 4.98. The van der Waals surface area contributed by atoms with Crippen molar-refractivity contribution >= 4 is 34.3 Å². The third-order valence-corrected chi connectivity index (χ3v) is 5.63.